The molecule has 1 saturated heterocycles. The van der Waals surface area contributed by atoms with Gasteiger partial charge in [-0.05, 0) is 12.8 Å². The van der Waals surface area contributed by atoms with Crippen molar-refractivity contribution in [2.45, 2.75) is 24.9 Å². The summed E-state index contributed by atoms with van der Waals surface area (Å²) in [5, 5.41) is 6.11. The molecule has 10 heteroatoms. The number of hydrogen-bond donors (Lipinski definition) is 2. The summed E-state index contributed by atoms with van der Waals surface area (Å²) in [7, 11) is 0. The summed E-state index contributed by atoms with van der Waals surface area (Å²) in [6.07, 6.45) is -1.07. The zero-order valence-corrected chi connectivity index (χ0v) is 11.4. The maximum absolute atomic E-state index is 12.6. The van der Waals surface area contributed by atoms with Crippen LogP contribution < -0.4 is 0 Å². The van der Waals surface area contributed by atoms with E-state index < -0.39 is 11.9 Å². The van der Waals surface area contributed by atoms with E-state index >= 15 is 0 Å². The summed E-state index contributed by atoms with van der Waals surface area (Å²) in [5.41, 5.74) is -0.874. The van der Waals surface area contributed by atoms with Gasteiger partial charge < -0.3 is 9.88 Å². The molecule has 3 heterocycles. The zero-order chi connectivity index (χ0) is 15.7. The molecule has 1 amide bonds. The van der Waals surface area contributed by atoms with E-state index in [-0.39, 0.29) is 23.5 Å². The second-order valence-electron chi connectivity index (χ2n) is 5.10. The molecule has 0 radical (unpaired) electrons. The number of nitrogens with zero attached hydrogens (tertiary/aromatic N) is 4. The molecule has 7 nitrogen and oxygen atoms in total. The highest BCUT2D eigenvalue weighted by molar-refractivity contribution is 5.90. The number of carbonyl (C=O) groups is 1. The van der Waals surface area contributed by atoms with Crippen LogP contribution in [0.25, 0.3) is 0 Å². The summed E-state index contributed by atoms with van der Waals surface area (Å²) in [6, 6.07) is 0. The van der Waals surface area contributed by atoms with Crippen LogP contribution in [0.15, 0.2) is 12.5 Å². The maximum atomic E-state index is 12.6. The van der Waals surface area contributed by atoms with Gasteiger partial charge in [0.25, 0.3) is 5.91 Å². The molecule has 2 N–H and O–H groups in total. The van der Waals surface area contributed by atoms with Crippen LogP contribution in [0, 0.1) is 0 Å². The number of amides is 1. The smallest absolute Gasteiger partial charge is 0.338 e. The zero-order valence-electron chi connectivity index (χ0n) is 11.4. The quantitative estimate of drug-likeness (QED) is 0.880. The molecule has 0 saturated carbocycles. The van der Waals surface area contributed by atoms with Crippen LogP contribution in [0.4, 0.5) is 13.2 Å². The molecule has 1 fully saturated rings. The van der Waals surface area contributed by atoms with Gasteiger partial charge in [-0.3, -0.25) is 9.89 Å². The minimum Gasteiger partial charge on any atom is -0.338 e. The number of piperidine rings is 1. The Hall–Kier alpha value is -2.39. The first-order valence-electron chi connectivity index (χ1n) is 6.72. The van der Waals surface area contributed by atoms with E-state index in [9.17, 15) is 18.0 Å². The fraction of sp³-hybridized carbons (Fsp3) is 0.500. The third-order valence-electron chi connectivity index (χ3n) is 3.61. The van der Waals surface area contributed by atoms with E-state index in [1.54, 1.807) is 4.90 Å². The molecule has 2 aromatic rings. The molecule has 22 heavy (non-hydrogen) atoms. The number of aromatic amines is 2. The molecule has 0 aliphatic carbocycles. The number of nitrogens with one attached hydrogen (secondary N) is 2. The Bertz CT molecular complexity index is 650. The van der Waals surface area contributed by atoms with E-state index in [1.165, 1.54) is 6.33 Å². The molecule has 0 spiro atoms. The number of halogens is 3. The van der Waals surface area contributed by atoms with Crippen molar-refractivity contribution in [2.75, 3.05) is 13.1 Å². The number of alkyl halides is 3. The fourth-order valence-corrected chi connectivity index (χ4v) is 2.53. The lowest BCUT2D eigenvalue weighted by Crippen LogP contribution is -2.39. The standard InChI is InChI=1S/C12H13F3N6O/c13-12(14,15)8-4-16-9(19-8)7-2-1-3-21(5-7)11(22)10-17-6-18-20-10/h4,6-7H,1-3,5H2,(H,16,19)(H,17,18,20). The number of likely N-dealkylation sites (tertiary alicyclic amines) is 1. The predicted octanol–water partition coefficient (Wildman–Crippen LogP) is 1.57. The summed E-state index contributed by atoms with van der Waals surface area (Å²) in [4.78, 5) is 23.6. The first-order chi connectivity index (χ1) is 10.4. The first kappa shape index (κ1) is 14.5. The van der Waals surface area contributed by atoms with Gasteiger partial charge in [0.15, 0.2) is 0 Å². The molecule has 1 unspecified atom stereocenters. The Labute approximate surface area is 123 Å². The van der Waals surface area contributed by atoms with Gasteiger partial charge in [0.05, 0.1) is 6.20 Å². The maximum Gasteiger partial charge on any atom is 0.432 e. The summed E-state index contributed by atoms with van der Waals surface area (Å²) >= 11 is 0. The highest BCUT2D eigenvalue weighted by Gasteiger charge is 2.35. The normalized spacial score (nSPS) is 19.4. The molecule has 1 aliphatic rings. The van der Waals surface area contributed by atoms with Crippen molar-refractivity contribution in [1.82, 2.24) is 30.0 Å². The van der Waals surface area contributed by atoms with Crippen LogP contribution in [0.2, 0.25) is 0 Å². The Balaban J connectivity index is 1.73. The summed E-state index contributed by atoms with van der Waals surface area (Å²) in [6.45, 7) is 0.827. The fourth-order valence-electron chi connectivity index (χ4n) is 2.53. The Kier molecular flexibility index (Phi) is 3.59. The van der Waals surface area contributed by atoms with Gasteiger partial charge in [-0.15, -0.1) is 0 Å². The van der Waals surface area contributed by atoms with E-state index in [0.717, 1.165) is 6.20 Å². The van der Waals surface area contributed by atoms with Gasteiger partial charge in [-0.25, -0.2) is 9.97 Å². The largest absolute Gasteiger partial charge is 0.432 e. The van der Waals surface area contributed by atoms with Gasteiger partial charge in [-0.1, -0.05) is 0 Å². The molecule has 3 rings (SSSR count). The molecular weight excluding hydrogens is 301 g/mol. The van der Waals surface area contributed by atoms with Crippen molar-refractivity contribution in [1.29, 1.82) is 0 Å². The van der Waals surface area contributed by atoms with Crippen molar-refractivity contribution in [3.63, 3.8) is 0 Å². The SMILES string of the molecule is O=C(c1ncn[nH]1)N1CCCC(c2ncc(C(F)(F)F)[nH]2)C1. The van der Waals surface area contributed by atoms with Crippen LogP contribution in [0.1, 0.15) is 40.9 Å². The van der Waals surface area contributed by atoms with Crippen molar-refractivity contribution < 1.29 is 18.0 Å². The molecule has 0 aromatic carbocycles. The highest BCUT2D eigenvalue weighted by Crippen LogP contribution is 2.31. The lowest BCUT2D eigenvalue weighted by molar-refractivity contribution is -0.141. The summed E-state index contributed by atoms with van der Waals surface area (Å²) < 4.78 is 37.8. The van der Waals surface area contributed by atoms with E-state index in [0.29, 0.717) is 25.9 Å². The average molecular weight is 314 g/mol. The van der Waals surface area contributed by atoms with Crippen molar-refractivity contribution >= 4 is 5.91 Å². The third kappa shape index (κ3) is 2.81. The lowest BCUT2D eigenvalue weighted by atomic mass is 9.97. The topological polar surface area (TPSA) is 90.6 Å². The minimum absolute atomic E-state index is 0.121. The molecule has 0 bridgehead atoms. The lowest BCUT2D eigenvalue weighted by Gasteiger charge is -2.31. The van der Waals surface area contributed by atoms with Crippen LogP contribution in [0.3, 0.4) is 0 Å². The van der Waals surface area contributed by atoms with Crippen molar-refractivity contribution in [2.24, 2.45) is 0 Å². The van der Waals surface area contributed by atoms with Gasteiger partial charge in [0.1, 0.15) is 17.8 Å². The second kappa shape index (κ2) is 5.43. The van der Waals surface area contributed by atoms with Gasteiger partial charge in [0.2, 0.25) is 5.82 Å². The molecule has 1 atom stereocenters. The number of rotatable bonds is 2. The van der Waals surface area contributed by atoms with Crippen LogP contribution >= 0.6 is 0 Å². The number of imidazole rings is 1. The molecular formula is C12H13F3N6O. The first-order valence-corrected chi connectivity index (χ1v) is 6.72. The van der Waals surface area contributed by atoms with Gasteiger partial charge >= 0.3 is 6.18 Å². The minimum atomic E-state index is -4.45. The number of aromatic nitrogens is 5. The number of hydrogen-bond acceptors (Lipinski definition) is 4. The van der Waals surface area contributed by atoms with E-state index in [1.807, 2.05) is 0 Å². The Morgan fingerprint density at radius 2 is 2.18 bits per heavy atom. The summed E-state index contributed by atoms with van der Waals surface area (Å²) in [5.74, 6) is -0.194. The molecule has 1 aliphatic heterocycles. The monoisotopic (exact) mass is 314 g/mol. The Morgan fingerprint density at radius 3 is 2.82 bits per heavy atom. The number of carbonyl (C=O) groups excluding carboxylic acids is 1. The van der Waals surface area contributed by atoms with Gasteiger partial charge in [-0.2, -0.15) is 18.3 Å². The second-order valence-corrected chi connectivity index (χ2v) is 5.10. The number of H-pyrrole nitrogens is 2. The molecule has 118 valence electrons. The third-order valence-corrected chi connectivity index (χ3v) is 3.61. The highest BCUT2D eigenvalue weighted by atomic mass is 19.4. The average Bonchev–Trinajstić information content (AvgIpc) is 3.17. The van der Waals surface area contributed by atoms with Crippen molar-refractivity contribution in [3.8, 4) is 0 Å². The van der Waals surface area contributed by atoms with Crippen LogP contribution in [-0.2, 0) is 6.18 Å². The predicted molar refractivity (Wildman–Crippen MR) is 67.9 cm³/mol. The Morgan fingerprint density at radius 1 is 1.36 bits per heavy atom. The van der Waals surface area contributed by atoms with Gasteiger partial charge in [0, 0.05) is 19.0 Å². The van der Waals surface area contributed by atoms with Crippen molar-refractivity contribution in [3.05, 3.63) is 29.9 Å². The molecule has 2 aromatic heterocycles. The van der Waals surface area contributed by atoms with E-state index in [2.05, 4.69) is 25.1 Å². The van der Waals surface area contributed by atoms with E-state index in [4.69, 9.17) is 0 Å². The van der Waals surface area contributed by atoms with Crippen LogP contribution in [-0.4, -0.2) is 49.0 Å². The van der Waals surface area contributed by atoms with Crippen LogP contribution in [0.5, 0.6) is 0 Å².